The van der Waals surface area contributed by atoms with Crippen molar-refractivity contribution in [3.63, 3.8) is 0 Å². The number of hydrogen-bond acceptors (Lipinski definition) is 0. The third kappa shape index (κ3) is 5.91. The zero-order valence-electron chi connectivity index (χ0n) is 5.51. The predicted molar refractivity (Wildman–Crippen MR) is 53.2 cm³/mol. The van der Waals surface area contributed by atoms with Crippen LogP contribution in [0.1, 0.15) is 32.1 Å². The second-order valence-electron chi connectivity index (χ2n) is 2.40. The highest BCUT2D eigenvalue weighted by Crippen LogP contribution is 2.24. The van der Waals surface area contributed by atoms with Crippen LogP contribution in [0.5, 0.6) is 0 Å². The lowest BCUT2D eigenvalue weighted by molar-refractivity contribution is 0.504. The molecule has 1 aliphatic rings. The average Bonchev–Trinajstić information content (AvgIpc) is 1.69. The highest BCUT2D eigenvalue weighted by Gasteiger charge is 2.05. The smallest absolute Gasteiger partial charge is 0.114 e. The van der Waals surface area contributed by atoms with Crippen molar-refractivity contribution in [3.05, 3.63) is 0 Å². The Balaban J connectivity index is 0. The van der Waals surface area contributed by atoms with E-state index in [4.69, 9.17) is 0 Å². The molecule has 54 valence electrons. The Kier molecular flexibility index (Phi) is 11.1. The third-order valence-corrected chi connectivity index (χ3v) is 2.32. The molecule has 1 rings (SSSR count). The minimum absolute atomic E-state index is 0. The van der Waals surface area contributed by atoms with Gasteiger partial charge in [-0.05, 0) is 0 Å². The first-order chi connectivity index (χ1) is 3.39. The molecule has 0 nitrogen and oxygen atoms in total. The van der Waals surface area contributed by atoms with Crippen molar-refractivity contribution in [2.24, 2.45) is 0 Å². The summed E-state index contributed by atoms with van der Waals surface area (Å²) in [5.74, 6) is 0. The van der Waals surface area contributed by atoms with Gasteiger partial charge in [0.1, 0.15) is 16.3 Å². The molecule has 0 bridgehead atoms. The Hall–Kier alpha value is 1.49. The maximum Gasteiger partial charge on any atom is 0.123 e. The molecule has 0 aliphatic heterocycles. The lowest BCUT2D eigenvalue weighted by Crippen LogP contribution is -1.98. The van der Waals surface area contributed by atoms with Crippen molar-refractivity contribution in [2.75, 3.05) is 0 Å². The molecule has 0 saturated heterocycles. The van der Waals surface area contributed by atoms with Crippen LogP contribution < -0.4 is 0 Å². The Morgan fingerprint density at radius 3 is 1.56 bits per heavy atom. The molecular weight excluding hydrogens is 259 g/mol. The van der Waals surface area contributed by atoms with Crippen molar-refractivity contribution >= 4 is 50.3 Å². The summed E-state index contributed by atoms with van der Waals surface area (Å²) in [5.41, 5.74) is 0. The molecule has 0 aromatic rings. The summed E-state index contributed by atoms with van der Waals surface area (Å²) in [6.07, 6.45) is 7.31. The molecule has 1 aliphatic carbocycles. The lowest BCUT2D eigenvalue weighted by Gasteiger charge is -2.16. The van der Waals surface area contributed by atoms with Crippen molar-refractivity contribution in [1.29, 1.82) is 0 Å². The molecule has 0 amide bonds. The molecule has 9 heavy (non-hydrogen) atoms. The van der Waals surface area contributed by atoms with E-state index in [0.29, 0.717) is 0 Å². The molecular formula is C6H13AlBr2. The Bertz CT molecular complexity index is 53.0. The largest absolute Gasteiger partial charge is 0.123 e. The van der Waals surface area contributed by atoms with Gasteiger partial charge in [0.25, 0.3) is 0 Å². The number of hydrogen-bond donors (Lipinski definition) is 0. The van der Waals surface area contributed by atoms with Crippen molar-refractivity contribution in [3.8, 4) is 0 Å². The van der Waals surface area contributed by atoms with Gasteiger partial charge in [-0.25, -0.2) is 0 Å². The van der Waals surface area contributed by atoms with Gasteiger partial charge in [-0.2, -0.15) is 0 Å². The van der Waals surface area contributed by atoms with Crippen molar-refractivity contribution in [1.82, 2.24) is 0 Å². The van der Waals surface area contributed by atoms with Gasteiger partial charge in [-0.3, -0.25) is 0 Å². The van der Waals surface area contributed by atoms with Crippen LogP contribution in [-0.2, 0) is 0 Å². The molecule has 3 heteroatoms. The first kappa shape index (κ1) is 13.1. The van der Waals surface area contributed by atoms with Crippen LogP contribution in [0.3, 0.4) is 0 Å². The summed E-state index contributed by atoms with van der Waals surface area (Å²) in [6, 6.07) is 0. The second-order valence-corrected chi connectivity index (χ2v) is 3.34. The van der Waals surface area contributed by atoms with Gasteiger partial charge in [-0.15, -0.1) is 38.7 Å². The molecule has 0 N–H and O–H groups in total. The van der Waals surface area contributed by atoms with Crippen LogP contribution >= 0.6 is 34.0 Å². The average molecular weight is 272 g/mol. The fraction of sp³-hybridized carbons (Fsp3) is 1.00. The molecule has 0 unspecified atom stereocenters. The number of halogens is 2. The number of rotatable bonds is 0. The Labute approximate surface area is 86.7 Å². The minimum atomic E-state index is 0. The summed E-state index contributed by atoms with van der Waals surface area (Å²) >= 11 is 2.91. The highest BCUT2D eigenvalue weighted by molar-refractivity contribution is 8.93. The highest BCUT2D eigenvalue weighted by atomic mass is 79.9. The zero-order valence-corrected chi connectivity index (χ0v) is 10.1. The maximum absolute atomic E-state index is 2.91. The van der Waals surface area contributed by atoms with Gasteiger partial charge in [0, 0.05) is 0 Å². The summed E-state index contributed by atoms with van der Waals surface area (Å²) in [4.78, 5) is 0. The van der Waals surface area contributed by atoms with Gasteiger partial charge in [0.15, 0.2) is 0 Å². The van der Waals surface area contributed by atoms with E-state index in [1.165, 1.54) is 32.1 Å². The van der Waals surface area contributed by atoms with E-state index in [2.05, 4.69) is 16.3 Å². The predicted octanol–water partition coefficient (Wildman–Crippen LogP) is 3.06. The maximum atomic E-state index is 2.91. The molecule has 0 atom stereocenters. The van der Waals surface area contributed by atoms with Crippen LogP contribution in [0.25, 0.3) is 0 Å². The standard InChI is InChI=1S/C6H11.Al.2BrH/c1-2-4-6-5-3-1;;;/h1H,2-6H2;;2*1H. The summed E-state index contributed by atoms with van der Waals surface area (Å²) in [7, 11) is 0. The Morgan fingerprint density at radius 2 is 1.33 bits per heavy atom. The van der Waals surface area contributed by atoms with E-state index in [1.54, 1.807) is 0 Å². The van der Waals surface area contributed by atoms with Gasteiger partial charge < -0.3 is 0 Å². The fourth-order valence-corrected chi connectivity index (χ4v) is 1.61. The van der Waals surface area contributed by atoms with Gasteiger partial charge in [0.05, 0.1) is 0 Å². The molecule has 1 fully saturated rings. The van der Waals surface area contributed by atoms with E-state index in [1.807, 2.05) is 0 Å². The summed E-state index contributed by atoms with van der Waals surface area (Å²) < 4.78 is 0.953. The van der Waals surface area contributed by atoms with E-state index < -0.39 is 0 Å². The minimum Gasteiger partial charge on any atom is -0.114 e. The fourth-order valence-electron chi connectivity index (χ4n) is 1.13. The molecule has 0 aromatic carbocycles. The first-order valence-electron chi connectivity index (χ1n) is 3.15. The second kappa shape index (κ2) is 7.60. The summed E-state index contributed by atoms with van der Waals surface area (Å²) in [5, 5.41) is 0. The van der Waals surface area contributed by atoms with Crippen molar-refractivity contribution < 1.29 is 0 Å². The monoisotopic (exact) mass is 270 g/mol. The van der Waals surface area contributed by atoms with Gasteiger partial charge in [0.2, 0.25) is 0 Å². The Morgan fingerprint density at radius 1 is 0.889 bits per heavy atom. The normalized spacial score (nSPS) is 19.6. The quantitative estimate of drug-likeness (QED) is 0.594. The lowest BCUT2D eigenvalue weighted by atomic mass is 10.0. The van der Waals surface area contributed by atoms with Crippen LogP contribution in [0.4, 0.5) is 0 Å². The molecule has 1 saturated carbocycles. The summed E-state index contributed by atoms with van der Waals surface area (Å²) in [6.45, 7) is 0. The molecule has 0 spiro atoms. The molecule has 2 radical (unpaired) electrons. The van der Waals surface area contributed by atoms with E-state index in [9.17, 15) is 0 Å². The molecule has 0 heterocycles. The SMILES string of the molecule is Br.Br.[Al][CH]1CCCCC1. The van der Waals surface area contributed by atoms with E-state index in [0.717, 1.165) is 4.78 Å². The van der Waals surface area contributed by atoms with Crippen LogP contribution in [-0.4, -0.2) is 16.3 Å². The molecule has 0 aromatic heterocycles. The topological polar surface area (TPSA) is 0 Å². The van der Waals surface area contributed by atoms with Gasteiger partial charge >= 0.3 is 0 Å². The van der Waals surface area contributed by atoms with Crippen LogP contribution in [0, 0.1) is 0 Å². The van der Waals surface area contributed by atoms with Crippen LogP contribution in [0.2, 0.25) is 4.78 Å². The first-order valence-corrected chi connectivity index (χ1v) is 3.82. The third-order valence-electron chi connectivity index (χ3n) is 1.65. The van der Waals surface area contributed by atoms with Gasteiger partial charge in [-0.1, -0.05) is 32.1 Å². The zero-order chi connectivity index (χ0) is 5.11. The van der Waals surface area contributed by atoms with E-state index in [-0.39, 0.29) is 34.0 Å². The van der Waals surface area contributed by atoms with E-state index >= 15 is 0 Å². The van der Waals surface area contributed by atoms with Crippen LogP contribution in [0.15, 0.2) is 0 Å². The van der Waals surface area contributed by atoms with Crippen molar-refractivity contribution in [2.45, 2.75) is 36.9 Å².